The Balaban J connectivity index is 0.000000222. The van der Waals surface area contributed by atoms with Gasteiger partial charge in [0.25, 0.3) is 0 Å². The Hall–Kier alpha value is -0.298. The summed E-state index contributed by atoms with van der Waals surface area (Å²) in [5, 5.41) is 0. The van der Waals surface area contributed by atoms with E-state index in [1.165, 1.54) is 10.5 Å². The fourth-order valence-electron chi connectivity index (χ4n) is 0.421. The molecule has 0 fully saturated rings. The van der Waals surface area contributed by atoms with Crippen LogP contribution in [0.4, 0.5) is 0 Å². The molecule has 0 aromatic rings. The molecule has 1 rings (SSSR count). The van der Waals surface area contributed by atoms with Gasteiger partial charge in [0.1, 0.15) is 0 Å². The van der Waals surface area contributed by atoms with Crippen LogP contribution in [-0.2, 0) is 19.2 Å². The Bertz CT molecular complexity index is 129. The molecule has 1 aliphatic rings. The fraction of sp³-hybridized carbons (Fsp3) is 0.143. The van der Waals surface area contributed by atoms with Crippen molar-refractivity contribution in [1.82, 2.24) is 0 Å². The first-order valence-electron chi connectivity index (χ1n) is 2.24. The third-order valence-electron chi connectivity index (χ3n) is 0.726. The van der Waals surface area contributed by atoms with Crippen molar-refractivity contribution in [2.24, 2.45) is 0 Å². The number of allylic oxidation sites excluding steroid dienone is 4. The molecule has 0 aromatic heterocycles. The second kappa shape index (κ2) is 4.85. The second-order valence-corrected chi connectivity index (χ2v) is 2.99. The molecule has 1 aliphatic carbocycles. The van der Waals surface area contributed by atoms with Crippen molar-refractivity contribution in [3.8, 4) is 12.8 Å². The van der Waals surface area contributed by atoms with Crippen molar-refractivity contribution >= 4 is 0 Å². The molecule has 0 aromatic carbocycles. The van der Waals surface area contributed by atoms with Crippen molar-refractivity contribution in [2.75, 3.05) is 0 Å². The number of terminal acetylenes is 1. The summed E-state index contributed by atoms with van der Waals surface area (Å²) in [4.78, 5) is 0. The van der Waals surface area contributed by atoms with Gasteiger partial charge in [0, 0.05) is 0 Å². The summed E-state index contributed by atoms with van der Waals surface area (Å²) in [5.74, 6) is 0. The van der Waals surface area contributed by atoms with Crippen molar-refractivity contribution < 1.29 is 19.2 Å². The predicted molar refractivity (Wildman–Crippen MR) is 31.7 cm³/mol. The Morgan fingerprint density at radius 3 is 2.25 bits per heavy atom. The van der Waals surface area contributed by atoms with Gasteiger partial charge in [-0.3, -0.25) is 0 Å². The van der Waals surface area contributed by atoms with E-state index in [2.05, 4.69) is 31.1 Å². The van der Waals surface area contributed by atoms with E-state index in [4.69, 9.17) is 0 Å². The van der Waals surface area contributed by atoms with Gasteiger partial charge in [0.05, 0.1) is 0 Å². The zero-order valence-corrected chi connectivity index (χ0v) is 7.19. The standard InChI is InChI=1S/C5H5.C2H2.Re/c1-2-4-5-3-1;1-2;/h1-3H,4H2;1-2H;. The summed E-state index contributed by atoms with van der Waals surface area (Å²) in [6.07, 6.45) is 15.6. The molecule has 0 spiro atoms. The maximum atomic E-state index is 4.00. The van der Waals surface area contributed by atoms with Crippen LogP contribution >= 0.6 is 0 Å². The van der Waals surface area contributed by atoms with Crippen molar-refractivity contribution in [3.63, 3.8) is 0 Å². The molecule has 0 bridgehead atoms. The Kier molecular flexibility index (Phi) is 4.67. The summed E-state index contributed by atoms with van der Waals surface area (Å²) in [5.41, 5.74) is 0. The van der Waals surface area contributed by atoms with Crippen LogP contribution in [0.3, 0.4) is 0 Å². The molecule has 0 saturated heterocycles. The third-order valence-corrected chi connectivity index (χ3v) is 1.73. The fourth-order valence-corrected chi connectivity index (χ4v) is 1.00. The normalized spacial score (nSPS) is 14.1. The summed E-state index contributed by atoms with van der Waals surface area (Å²) < 4.78 is 1.52. The van der Waals surface area contributed by atoms with E-state index < -0.39 is 0 Å². The number of rotatable bonds is 0. The minimum absolute atomic E-state index is 1.19. The number of hydrogen-bond acceptors (Lipinski definition) is 0. The van der Waals surface area contributed by atoms with E-state index in [-0.39, 0.29) is 0 Å². The van der Waals surface area contributed by atoms with Gasteiger partial charge >= 0.3 is 47.9 Å². The van der Waals surface area contributed by atoms with Crippen LogP contribution in [0.15, 0.2) is 22.3 Å². The van der Waals surface area contributed by atoms with E-state index in [9.17, 15) is 0 Å². The molecule has 0 atom stereocenters. The maximum absolute atomic E-state index is 4.00. The minimum atomic E-state index is 1.19. The molecule has 0 nitrogen and oxygen atoms in total. The van der Waals surface area contributed by atoms with Crippen LogP contribution < -0.4 is 0 Å². The first-order valence-corrected chi connectivity index (χ1v) is 3.60. The molecule has 0 unspecified atom stereocenters. The molecule has 0 amide bonds. The van der Waals surface area contributed by atoms with E-state index in [0.717, 1.165) is 0 Å². The molecule has 0 N–H and O–H groups in total. The summed E-state index contributed by atoms with van der Waals surface area (Å²) in [6.45, 7) is 0. The topological polar surface area (TPSA) is 0 Å². The molecule has 0 aliphatic heterocycles. The van der Waals surface area contributed by atoms with Crippen LogP contribution in [-0.4, -0.2) is 0 Å². The van der Waals surface area contributed by atoms with Gasteiger partial charge in [-0.05, 0) is 0 Å². The van der Waals surface area contributed by atoms with Gasteiger partial charge in [-0.1, -0.05) is 0 Å². The van der Waals surface area contributed by atoms with Crippen LogP contribution in [0.25, 0.3) is 0 Å². The van der Waals surface area contributed by atoms with Gasteiger partial charge in [-0.2, -0.15) is 0 Å². The summed E-state index contributed by atoms with van der Waals surface area (Å²) >= 11 is 1.78. The van der Waals surface area contributed by atoms with Crippen molar-refractivity contribution in [3.05, 3.63) is 22.3 Å². The zero-order chi connectivity index (χ0) is 6.41. The summed E-state index contributed by atoms with van der Waals surface area (Å²) in [7, 11) is 0. The average Bonchev–Trinajstić information content (AvgIpc) is 2.24. The molecule has 0 heterocycles. The third kappa shape index (κ3) is 2.81. The van der Waals surface area contributed by atoms with Crippen LogP contribution in [0.2, 0.25) is 0 Å². The summed E-state index contributed by atoms with van der Waals surface area (Å²) in [6, 6.07) is 0. The molecular weight excluding hydrogens is 270 g/mol. The average molecular weight is 277 g/mol. The number of hydrogen-bond donors (Lipinski definition) is 0. The van der Waals surface area contributed by atoms with Gasteiger partial charge in [-0.15, -0.1) is 12.8 Å². The first kappa shape index (κ1) is 7.70. The molecular formula is C7H7Re. The van der Waals surface area contributed by atoms with Gasteiger partial charge in [0.15, 0.2) is 0 Å². The zero-order valence-electron chi connectivity index (χ0n) is 4.47. The second-order valence-electron chi connectivity index (χ2n) is 1.25. The van der Waals surface area contributed by atoms with E-state index in [0.29, 0.717) is 0 Å². The molecule has 1 heteroatoms. The van der Waals surface area contributed by atoms with E-state index in [1.54, 1.807) is 19.2 Å². The Labute approximate surface area is 61.1 Å². The van der Waals surface area contributed by atoms with Gasteiger partial charge < -0.3 is 0 Å². The Morgan fingerprint density at radius 2 is 2.12 bits per heavy atom. The predicted octanol–water partition coefficient (Wildman–Crippen LogP) is 1.63. The van der Waals surface area contributed by atoms with Crippen LogP contribution in [0.5, 0.6) is 0 Å². The molecule has 42 valence electrons. The van der Waals surface area contributed by atoms with E-state index in [1.807, 2.05) is 0 Å². The Morgan fingerprint density at radius 1 is 1.50 bits per heavy atom. The van der Waals surface area contributed by atoms with Crippen molar-refractivity contribution in [1.29, 1.82) is 0 Å². The molecule has 0 saturated carbocycles. The molecule has 0 radical (unpaired) electrons. The van der Waals surface area contributed by atoms with Crippen molar-refractivity contribution in [2.45, 2.75) is 6.42 Å². The van der Waals surface area contributed by atoms with E-state index >= 15 is 0 Å². The van der Waals surface area contributed by atoms with Crippen LogP contribution in [0.1, 0.15) is 6.42 Å². The van der Waals surface area contributed by atoms with Gasteiger partial charge in [-0.25, -0.2) is 0 Å². The van der Waals surface area contributed by atoms with Crippen LogP contribution in [0, 0.1) is 12.8 Å². The quantitative estimate of drug-likeness (QED) is 0.590. The SMILES string of the molecule is C#C.[Re][C]1=CC=CC1. The monoisotopic (exact) mass is 278 g/mol. The van der Waals surface area contributed by atoms with Gasteiger partial charge in [0.2, 0.25) is 0 Å². The first-order chi connectivity index (χ1) is 3.89. The molecule has 8 heavy (non-hydrogen) atoms.